The summed E-state index contributed by atoms with van der Waals surface area (Å²) in [5.41, 5.74) is 0. The molecule has 1 aliphatic rings. The summed E-state index contributed by atoms with van der Waals surface area (Å²) in [7, 11) is 0. The normalized spacial score (nSPS) is 16.2. The second-order valence-electron chi connectivity index (χ2n) is 4.91. The SMILES string of the molecule is CC(C)c1n[nH]c(CN2CCn3ncnc3C2)n1. The van der Waals surface area contributed by atoms with Crippen LogP contribution in [0.5, 0.6) is 0 Å². The molecule has 0 bridgehead atoms. The molecule has 0 amide bonds. The third kappa shape index (κ3) is 2.13. The van der Waals surface area contributed by atoms with Crippen molar-refractivity contribution in [2.75, 3.05) is 6.54 Å². The quantitative estimate of drug-likeness (QED) is 0.856. The van der Waals surface area contributed by atoms with Crippen LogP contribution in [0.25, 0.3) is 0 Å². The highest BCUT2D eigenvalue weighted by molar-refractivity contribution is 4.96. The van der Waals surface area contributed by atoms with Crippen molar-refractivity contribution in [2.24, 2.45) is 0 Å². The predicted molar refractivity (Wildman–Crippen MR) is 64.6 cm³/mol. The zero-order valence-corrected chi connectivity index (χ0v) is 10.7. The Labute approximate surface area is 105 Å². The van der Waals surface area contributed by atoms with E-state index in [0.717, 1.165) is 43.7 Å². The minimum atomic E-state index is 0.361. The van der Waals surface area contributed by atoms with Crippen LogP contribution in [0.15, 0.2) is 6.33 Å². The lowest BCUT2D eigenvalue weighted by molar-refractivity contribution is 0.197. The smallest absolute Gasteiger partial charge is 0.153 e. The first-order valence-corrected chi connectivity index (χ1v) is 6.22. The van der Waals surface area contributed by atoms with Crippen molar-refractivity contribution in [3.63, 3.8) is 0 Å². The van der Waals surface area contributed by atoms with Gasteiger partial charge in [0, 0.05) is 12.5 Å². The molecular formula is C11H17N7. The molecule has 0 unspecified atom stereocenters. The van der Waals surface area contributed by atoms with E-state index in [1.54, 1.807) is 6.33 Å². The van der Waals surface area contributed by atoms with Crippen LogP contribution < -0.4 is 0 Å². The third-order valence-corrected chi connectivity index (χ3v) is 3.13. The van der Waals surface area contributed by atoms with Gasteiger partial charge in [-0.3, -0.25) is 10.00 Å². The van der Waals surface area contributed by atoms with E-state index in [-0.39, 0.29) is 0 Å². The molecule has 0 fully saturated rings. The first-order chi connectivity index (χ1) is 8.72. The number of H-pyrrole nitrogens is 1. The Hall–Kier alpha value is -1.76. The first kappa shape index (κ1) is 11.3. The van der Waals surface area contributed by atoms with Crippen LogP contribution in [0.4, 0.5) is 0 Å². The molecule has 96 valence electrons. The van der Waals surface area contributed by atoms with Crippen molar-refractivity contribution in [1.29, 1.82) is 0 Å². The zero-order valence-electron chi connectivity index (χ0n) is 10.7. The second-order valence-corrected chi connectivity index (χ2v) is 4.91. The van der Waals surface area contributed by atoms with Crippen LogP contribution in [-0.4, -0.2) is 41.4 Å². The summed E-state index contributed by atoms with van der Waals surface area (Å²) in [6, 6.07) is 0. The lowest BCUT2D eigenvalue weighted by atomic mass is 10.2. The minimum Gasteiger partial charge on any atom is -0.287 e. The van der Waals surface area contributed by atoms with Crippen LogP contribution in [-0.2, 0) is 19.6 Å². The highest BCUT2D eigenvalue weighted by Crippen LogP contribution is 2.12. The molecule has 3 heterocycles. The molecule has 0 atom stereocenters. The summed E-state index contributed by atoms with van der Waals surface area (Å²) in [6.07, 6.45) is 1.62. The van der Waals surface area contributed by atoms with Gasteiger partial charge in [-0.1, -0.05) is 13.8 Å². The Balaban J connectivity index is 1.67. The number of rotatable bonds is 3. The molecule has 0 spiro atoms. The van der Waals surface area contributed by atoms with Gasteiger partial charge in [0.05, 0.1) is 19.6 Å². The molecule has 1 N–H and O–H groups in total. The Morgan fingerprint density at radius 3 is 3.06 bits per heavy atom. The fourth-order valence-corrected chi connectivity index (χ4v) is 2.10. The molecule has 3 rings (SSSR count). The predicted octanol–water partition coefficient (Wildman–Crippen LogP) is 0.535. The van der Waals surface area contributed by atoms with E-state index in [9.17, 15) is 0 Å². The Bertz CT molecular complexity index is 527. The maximum atomic E-state index is 4.50. The van der Waals surface area contributed by atoms with Crippen LogP contribution in [0.1, 0.15) is 37.2 Å². The molecule has 0 radical (unpaired) electrons. The summed E-state index contributed by atoms with van der Waals surface area (Å²) >= 11 is 0. The second kappa shape index (κ2) is 4.49. The summed E-state index contributed by atoms with van der Waals surface area (Å²) in [5, 5.41) is 11.4. The number of aromatic amines is 1. The van der Waals surface area contributed by atoms with E-state index in [1.807, 2.05) is 4.68 Å². The monoisotopic (exact) mass is 247 g/mol. The maximum Gasteiger partial charge on any atom is 0.153 e. The molecule has 1 aliphatic heterocycles. The number of aromatic nitrogens is 6. The standard InChI is InChI=1S/C11H17N7/c1-8(2)11-14-9(15-16-11)5-17-3-4-18-10(6-17)12-7-13-18/h7-8H,3-6H2,1-2H3,(H,14,15,16). The van der Waals surface area contributed by atoms with Gasteiger partial charge in [-0.05, 0) is 0 Å². The summed E-state index contributed by atoms with van der Waals surface area (Å²) < 4.78 is 1.95. The molecule has 2 aromatic heterocycles. The lowest BCUT2D eigenvalue weighted by Gasteiger charge is -2.25. The van der Waals surface area contributed by atoms with Gasteiger partial charge in [0.2, 0.25) is 0 Å². The molecule has 0 aromatic carbocycles. The van der Waals surface area contributed by atoms with Crippen molar-refractivity contribution >= 4 is 0 Å². The van der Waals surface area contributed by atoms with Crippen molar-refractivity contribution in [1.82, 2.24) is 34.8 Å². The summed E-state index contributed by atoms with van der Waals surface area (Å²) in [6.45, 7) is 7.64. The van der Waals surface area contributed by atoms with Gasteiger partial charge < -0.3 is 0 Å². The molecule has 18 heavy (non-hydrogen) atoms. The third-order valence-electron chi connectivity index (χ3n) is 3.13. The van der Waals surface area contributed by atoms with Gasteiger partial charge in [-0.15, -0.1) is 0 Å². The van der Waals surface area contributed by atoms with Gasteiger partial charge in [0.1, 0.15) is 18.0 Å². The minimum absolute atomic E-state index is 0.361. The fraction of sp³-hybridized carbons (Fsp3) is 0.636. The van der Waals surface area contributed by atoms with Gasteiger partial charge in [0.25, 0.3) is 0 Å². The van der Waals surface area contributed by atoms with Crippen LogP contribution in [0.2, 0.25) is 0 Å². The van der Waals surface area contributed by atoms with Crippen molar-refractivity contribution in [2.45, 2.75) is 39.4 Å². The van der Waals surface area contributed by atoms with E-state index in [0.29, 0.717) is 5.92 Å². The van der Waals surface area contributed by atoms with E-state index in [1.165, 1.54) is 0 Å². The zero-order chi connectivity index (χ0) is 12.5. The van der Waals surface area contributed by atoms with Crippen molar-refractivity contribution < 1.29 is 0 Å². The van der Waals surface area contributed by atoms with Gasteiger partial charge in [0.15, 0.2) is 5.82 Å². The number of fused-ring (bicyclic) bond motifs is 1. The van der Waals surface area contributed by atoms with Gasteiger partial charge in [-0.25, -0.2) is 14.6 Å². The molecule has 7 heteroatoms. The first-order valence-electron chi connectivity index (χ1n) is 6.22. The number of nitrogens with one attached hydrogen (secondary N) is 1. The maximum absolute atomic E-state index is 4.50. The summed E-state index contributed by atoms with van der Waals surface area (Å²) in [4.78, 5) is 11.0. The molecule has 0 saturated heterocycles. The van der Waals surface area contributed by atoms with Crippen molar-refractivity contribution in [3.8, 4) is 0 Å². The van der Waals surface area contributed by atoms with E-state index >= 15 is 0 Å². The molecular weight excluding hydrogens is 230 g/mol. The number of hydrogen-bond donors (Lipinski definition) is 1. The average Bonchev–Trinajstić information content (AvgIpc) is 2.96. The lowest BCUT2D eigenvalue weighted by Crippen LogP contribution is -2.34. The van der Waals surface area contributed by atoms with E-state index in [4.69, 9.17) is 0 Å². The summed E-state index contributed by atoms with van der Waals surface area (Å²) in [5.74, 6) is 3.18. The van der Waals surface area contributed by atoms with Gasteiger partial charge >= 0.3 is 0 Å². The molecule has 2 aromatic rings. The Kier molecular flexibility index (Phi) is 2.83. The van der Waals surface area contributed by atoms with Gasteiger partial charge in [-0.2, -0.15) is 10.2 Å². The molecule has 0 aliphatic carbocycles. The molecule has 0 saturated carbocycles. The highest BCUT2D eigenvalue weighted by Gasteiger charge is 2.19. The Morgan fingerprint density at radius 1 is 1.39 bits per heavy atom. The molecule has 7 nitrogen and oxygen atoms in total. The number of nitrogens with zero attached hydrogens (tertiary/aromatic N) is 6. The topological polar surface area (TPSA) is 75.5 Å². The van der Waals surface area contributed by atoms with Crippen LogP contribution >= 0.6 is 0 Å². The van der Waals surface area contributed by atoms with Crippen molar-refractivity contribution in [3.05, 3.63) is 23.8 Å². The number of hydrogen-bond acceptors (Lipinski definition) is 5. The van der Waals surface area contributed by atoms with Crippen LogP contribution in [0, 0.1) is 0 Å². The average molecular weight is 247 g/mol. The van der Waals surface area contributed by atoms with E-state index < -0.39 is 0 Å². The highest BCUT2D eigenvalue weighted by atomic mass is 15.4. The van der Waals surface area contributed by atoms with E-state index in [2.05, 4.69) is 44.0 Å². The largest absolute Gasteiger partial charge is 0.287 e. The Morgan fingerprint density at radius 2 is 2.28 bits per heavy atom. The van der Waals surface area contributed by atoms with Crippen LogP contribution in [0.3, 0.4) is 0 Å². The fourth-order valence-electron chi connectivity index (χ4n) is 2.10.